The molecule has 1 aromatic carbocycles. The lowest BCUT2D eigenvalue weighted by Crippen LogP contribution is -2.26. The average molecular weight is 207 g/mol. The van der Waals surface area contributed by atoms with Gasteiger partial charge in [0.05, 0.1) is 6.61 Å². The first-order valence-corrected chi connectivity index (χ1v) is 5.16. The van der Waals surface area contributed by atoms with Crippen molar-refractivity contribution in [3.8, 4) is 0 Å². The molecule has 0 saturated carbocycles. The third-order valence-electron chi connectivity index (χ3n) is 2.32. The van der Waals surface area contributed by atoms with E-state index >= 15 is 0 Å². The topological polar surface area (TPSA) is 49.3 Å². The van der Waals surface area contributed by atoms with Gasteiger partial charge < -0.3 is 10.4 Å². The predicted octanol–water partition coefficient (Wildman–Crippen LogP) is 1.04. The van der Waals surface area contributed by atoms with Crippen LogP contribution in [0.4, 0.5) is 0 Å². The molecule has 0 aliphatic carbocycles. The highest BCUT2D eigenvalue weighted by molar-refractivity contribution is 5.75. The molecule has 3 heteroatoms. The Hall–Kier alpha value is -1.35. The number of aliphatic hydroxyl groups is 1. The number of aliphatic hydroxyl groups excluding tert-OH is 1. The quantitative estimate of drug-likeness (QED) is 0.757. The minimum atomic E-state index is -0.0916. The molecule has 0 saturated heterocycles. The summed E-state index contributed by atoms with van der Waals surface area (Å²) >= 11 is 0. The van der Waals surface area contributed by atoms with E-state index in [0.29, 0.717) is 6.54 Å². The highest BCUT2D eigenvalue weighted by Gasteiger charge is 2.00. The van der Waals surface area contributed by atoms with Crippen molar-refractivity contribution >= 4 is 5.91 Å². The number of amides is 1. The number of carbonyl (C=O) groups is 1. The first kappa shape index (κ1) is 11.7. The zero-order valence-corrected chi connectivity index (χ0v) is 8.99. The first-order chi connectivity index (χ1) is 7.24. The summed E-state index contributed by atoms with van der Waals surface area (Å²) in [7, 11) is 0. The van der Waals surface area contributed by atoms with Gasteiger partial charge in [-0.2, -0.15) is 0 Å². The van der Waals surface area contributed by atoms with Crippen LogP contribution in [0.15, 0.2) is 24.3 Å². The molecule has 1 aromatic rings. The van der Waals surface area contributed by atoms with Crippen molar-refractivity contribution in [2.75, 3.05) is 13.2 Å². The maximum atomic E-state index is 11.0. The maximum Gasteiger partial charge on any atom is 0.222 e. The molecule has 0 heterocycles. The predicted molar refractivity (Wildman–Crippen MR) is 59.6 cm³/mol. The van der Waals surface area contributed by atoms with Crippen LogP contribution in [0.2, 0.25) is 0 Å². The third-order valence-corrected chi connectivity index (χ3v) is 2.32. The van der Waals surface area contributed by atoms with Crippen LogP contribution in [-0.2, 0) is 11.2 Å². The molecule has 82 valence electrons. The Balaban J connectivity index is 2.32. The van der Waals surface area contributed by atoms with Crippen molar-refractivity contribution in [3.05, 3.63) is 35.4 Å². The summed E-state index contributed by atoms with van der Waals surface area (Å²) in [5.41, 5.74) is 2.50. The Labute approximate surface area is 90.1 Å². The fourth-order valence-electron chi connectivity index (χ4n) is 1.42. The van der Waals surface area contributed by atoms with Crippen molar-refractivity contribution in [1.82, 2.24) is 5.32 Å². The summed E-state index contributed by atoms with van der Waals surface area (Å²) in [6, 6.07) is 8.12. The van der Waals surface area contributed by atoms with E-state index in [1.165, 1.54) is 11.1 Å². The Bertz CT molecular complexity index is 323. The normalized spacial score (nSPS) is 10.0. The second-order valence-electron chi connectivity index (χ2n) is 3.50. The zero-order chi connectivity index (χ0) is 11.1. The zero-order valence-electron chi connectivity index (χ0n) is 8.99. The Morgan fingerprint density at radius 1 is 1.40 bits per heavy atom. The smallest absolute Gasteiger partial charge is 0.222 e. The fourth-order valence-corrected chi connectivity index (χ4v) is 1.42. The fraction of sp³-hybridized carbons (Fsp3) is 0.417. The van der Waals surface area contributed by atoms with Crippen LogP contribution >= 0.6 is 0 Å². The van der Waals surface area contributed by atoms with E-state index in [0.717, 1.165) is 6.42 Å². The van der Waals surface area contributed by atoms with Gasteiger partial charge in [-0.1, -0.05) is 24.3 Å². The molecule has 1 amide bonds. The van der Waals surface area contributed by atoms with Gasteiger partial charge in [-0.3, -0.25) is 4.79 Å². The summed E-state index contributed by atoms with van der Waals surface area (Å²) in [6.07, 6.45) is 1.03. The van der Waals surface area contributed by atoms with Crippen molar-refractivity contribution in [3.63, 3.8) is 0 Å². The van der Waals surface area contributed by atoms with Crippen LogP contribution in [0.3, 0.4) is 0 Å². The van der Waals surface area contributed by atoms with Crippen molar-refractivity contribution in [2.45, 2.75) is 19.8 Å². The molecule has 1 rings (SSSR count). The number of rotatable bonds is 5. The lowest BCUT2D eigenvalue weighted by Gasteiger charge is -2.06. The van der Waals surface area contributed by atoms with Gasteiger partial charge in [-0.25, -0.2) is 0 Å². The molecule has 0 atom stereocenters. The monoisotopic (exact) mass is 207 g/mol. The van der Waals surface area contributed by atoms with Crippen LogP contribution in [0.25, 0.3) is 0 Å². The van der Waals surface area contributed by atoms with E-state index < -0.39 is 0 Å². The Kier molecular flexibility index (Phi) is 4.84. The number of hydrogen-bond acceptors (Lipinski definition) is 2. The Morgan fingerprint density at radius 2 is 2.13 bits per heavy atom. The number of carbonyl (C=O) groups excluding carboxylic acids is 1. The molecule has 0 aromatic heterocycles. The number of hydrogen-bond donors (Lipinski definition) is 2. The van der Waals surface area contributed by atoms with Crippen molar-refractivity contribution in [1.29, 1.82) is 0 Å². The van der Waals surface area contributed by atoms with Crippen molar-refractivity contribution < 1.29 is 9.90 Å². The van der Waals surface area contributed by atoms with Crippen LogP contribution < -0.4 is 5.32 Å². The summed E-state index contributed by atoms with van der Waals surface area (Å²) in [5.74, 6) is -0.0916. The highest BCUT2D eigenvalue weighted by Crippen LogP contribution is 2.06. The Morgan fingerprint density at radius 3 is 2.80 bits per heavy atom. The molecule has 0 spiro atoms. The van der Waals surface area contributed by atoms with Gasteiger partial charge in [0, 0.05) is 13.0 Å². The highest BCUT2D eigenvalue weighted by atomic mass is 16.3. The van der Waals surface area contributed by atoms with Crippen molar-refractivity contribution in [2.24, 2.45) is 0 Å². The maximum absolute atomic E-state index is 11.0. The number of aryl methyl sites for hydroxylation is 1. The van der Waals surface area contributed by atoms with E-state index in [1.807, 2.05) is 12.1 Å². The summed E-state index contributed by atoms with van der Waals surface area (Å²) in [6.45, 7) is 2.60. The second kappa shape index (κ2) is 6.19. The van der Waals surface area contributed by atoms with E-state index in [4.69, 9.17) is 5.11 Å². The van der Waals surface area contributed by atoms with Crippen LogP contribution in [0.1, 0.15) is 17.5 Å². The van der Waals surface area contributed by atoms with Gasteiger partial charge in [-0.15, -0.1) is 0 Å². The minimum absolute atomic E-state index is 0.0871. The lowest BCUT2D eigenvalue weighted by atomic mass is 10.1. The summed E-state index contributed by atoms with van der Waals surface area (Å²) in [5, 5.41) is 11.3. The van der Waals surface area contributed by atoms with Gasteiger partial charge in [0.15, 0.2) is 0 Å². The molecular formula is C12H17NO2. The molecule has 0 radical (unpaired) electrons. The summed E-state index contributed by atoms with van der Waals surface area (Å²) < 4.78 is 0. The van der Waals surface area contributed by atoms with Gasteiger partial charge in [0.2, 0.25) is 5.91 Å². The van der Waals surface area contributed by atoms with Gasteiger partial charge >= 0.3 is 0 Å². The molecule has 0 aliphatic heterocycles. The third kappa shape index (κ3) is 4.13. The van der Waals surface area contributed by atoms with Crippen LogP contribution in [-0.4, -0.2) is 24.2 Å². The molecule has 2 N–H and O–H groups in total. The standard InChI is InChI=1S/C12H17NO2/c1-10-4-2-3-5-11(10)6-8-13-12(15)7-9-14/h2-5,14H,6-9H2,1H3,(H,13,15). The number of nitrogens with one attached hydrogen (secondary N) is 1. The molecule has 3 nitrogen and oxygen atoms in total. The van der Waals surface area contributed by atoms with E-state index in [1.54, 1.807) is 0 Å². The molecule has 15 heavy (non-hydrogen) atoms. The minimum Gasteiger partial charge on any atom is -0.396 e. The lowest BCUT2D eigenvalue weighted by molar-refractivity contribution is -0.121. The molecule has 0 unspecified atom stereocenters. The second-order valence-corrected chi connectivity index (χ2v) is 3.50. The molecule has 0 bridgehead atoms. The van der Waals surface area contributed by atoms with Gasteiger partial charge in [-0.05, 0) is 24.5 Å². The van der Waals surface area contributed by atoms with E-state index in [9.17, 15) is 4.79 Å². The average Bonchev–Trinajstić information content (AvgIpc) is 2.21. The van der Waals surface area contributed by atoms with Crippen LogP contribution in [0, 0.1) is 6.92 Å². The van der Waals surface area contributed by atoms with Crippen LogP contribution in [0.5, 0.6) is 0 Å². The van der Waals surface area contributed by atoms with Gasteiger partial charge in [0.1, 0.15) is 0 Å². The number of benzene rings is 1. The molecule has 0 fully saturated rings. The van der Waals surface area contributed by atoms with E-state index in [-0.39, 0.29) is 18.9 Å². The van der Waals surface area contributed by atoms with E-state index in [2.05, 4.69) is 24.4 Å². The molecular weight excluding hydrogens is 190 g/mol. The largest absolute Gasteiger partial charge is 0.396 e. The first-order valence-electron chi connectivity index (χ1n) is 5.16. The molecule has 0 aliphatic rings. The summed E-state index contributed by atoms with van der Waals surface area (Å²) in [4.78, 5) is 11.0. The SMILES string of the molecule is Cc1ccccc1CCNC(=O)CCO. The van der Waals surface area contributed by atoms with Gasteiger partial charge in [0.25, 0.3) is 0 Å².